The van der Waals surface area contributed by atoms with E-state index in [-0.39, 0.29) is 0 Å². The Morgan fingerprint density at radius 1 is 1.09 bits per heavy atom. The van der Waals surface area contributed by atoms with Crippen LogP contribution in [0.1, 0.15) is 30.7 Å². The van der Waals surface area contributed by atoms with E-state index in [4.69, 9.17) is 4.98 Å². The predicted molar refractivity (Wildman–Crippen MR) is 92.8 cm³/mol. The van der Waals surface area contributed by atoms with Gasteiger partial charge in [0.25, 0.3) is 0 Å². The summed E-state index contributed by atoms with van der Waals surface area (Å²) in [7, 11) is 0. The molecule has 4 heteroatoms. The van der Waals surface area contributed by atoms with Gasteiger partial charge in [0.05, 0.1) is 11.9 Å². The number of nitrogens with zero attached hydrogens (tertiary/aromatic N) is 3. The third kappa shape index (κ3) is 3.12. The molecule has 0 radical (unpaired) electrons. The summed E-state index contributed by atoms with van der Waals surface area (Å²) >= 11 is 1.69. The van der Waals surface area contributed by atoms with E-state index in [2.05, 4.69) is 55.8 Å². The van der Waals surface area contributed by atoms with Crippen molar-refractivity contribution in [3.8, 4) is 0 Å². The van der Waals surface area contributed by atoms with Crippen molar-refractivity contribution < 1.29 is 0 Å². The molecular formula is C18H23N3S. The quantitative estimate of drug-likeness (QED) is 0.840. The molecule has 0 amide bonds. The van der Waals surface area contributed by atoms with E-state index in [0.717, 1.165) is 29.6 Å². The second-order valence-electron chi connectivity index (χ2n) is 6.99. The summed E-state index contributed by atoms with van der Waals surface area (Å²) in [5.74, 6) is 1.00. The number of aromatic nitrogens is 2. The fourth-order valence-corrected chi connectivity index (χ4v) is 3.64. The van der Waals surface area contributed by atoms with E-state index in [1.807, 2.05) is 13.1 Å². The van der Waals surface area contributed by atoms with Crippen LogP contribution in [-0.2, 0) is 0 Å². The van der Waals surface area contributed by atoms with Crippen LogP contribution in [0.25, 0.3) is 0 Å². The Labute approximate surface area is 137 Å². The highest BCUT2D eigenvalue weighted by atomic mass is 32.2. The van der Waals surface area contributed by atoms with Gasteiger partial charge >= 0.3 is 0 Å². The Morgan fingerprint density at radius 3 is 2.41 bits per heavy atom. The maximum atomic E-state index is 4.74. The van der Waals surface area contributed by atoms with Crippen LogP contribution in [0.15, 0.2) is 34.3 Å². The standard InChI is InChI=1S/C18H23N3S/c1-12-6-7-15(8-13(12)2)22-17-14(3)20-16(9-19-17)21-10-18(4,5)11-21/h6-9H,10-11H2,1-5H3. The average molecular weight is 313 g/mol. The third-order valence-corrected chi connectivity index (χ3v) is 5.23. The molecule has 3 rings (SSSR count). The average Bonchev–Trinajstić information content (AvgIpc) is 2.42. The molecule has 2 heterocycles. The van der Waals surface area contributed by atoms with E-state index in [1.54, 1.807) is 11.8 Å². The van der Waals surface area contributed by atoms with Crippen LogP contribution >= 0.6 is 11.8 Å². The molecule has 3 nitrogen and oxygen atoms in total. The fourth-order valence-electron chi connectivity index (χ4n) is 2.75. The lowest BCUT2D eigenvalue weighted by Gasteiger charge is -2.46. The van der Waals surface area contributed by atoms with E-state index in [9.17, 15) is 0 Å². The maximum absolute atomic E-state index is 4.74. The Balaban J connectivity index is 1.76. The highest BCUT2D eigenvalue weighted by Gasteiger charge is 2.35. The Morgan fingerprint density at radius 2 is 1.82 bits per heavy atom. The van der Waals surface area contributed by atoms with Crippen molar-refractivity contribution in [2.45, 2.75) is 44.5 Å². The molecule has 1 fully saturated rings. The maximum Gasteiger partial charge on any atom is 0.147 e. The largest absolute Gasteiger partial charge is 0.354 e. The van der Waals surface area contributed by atoms with Gasteiger partial charge in [-0.15, -0.1) is 0 Å². The monoisotopic (exact) mass is 313 g/mol. The minimum Gasteiger partial charge on any atom is -0.354 e. The second kappa shape index (κ2) is 5.58. The molecule has 116 valence electrons. The third-order valence-electron chi connectivity index (χ3n) is 4.14. The summed E-state index contributed by atoms with van der Waals surface area (Å²) in [6.45, 7) is 13.0. The number of hydrogen-bond donors (Lipinski definition) is 0. The van der Waals surface area contributed by atoms with Gasteiger partial charge in [0.1, 0.15) is 10.8 Å². The molecule has 1 aliphatic rings. The van der Waals surface area contributed by atoms with Crippen molar-refractivity contribution in [1.82, 2.24) is 9.97 Å². The number of rotatable bonds is 3. The highest BCUT2D eigenvalue weighted by Crippen LogP contribution is 2.34. The Bertz CT molecular complexity index is 701. The molecule has 1 aromatic carbocycles. The van der Waals surface area contributed by atoms with Crippen molar-refractivity contribution in [3.05, 3.63) is 41.2 Å². The van der Waals surface area contributed by atoms with Gasteiger partial charge in [-0.2, -0.15) is 0 Å². The SMILES string of the molecule is Cc1ccc(Sc2ncc(N3CC(C)(C)C3)nc2C)cc1C. The van der Waals surface area contributed by atoms with Crippen LogP contribution in [0.5, 0.6) is 0 Å². The molecule has 1 aromatic heterocycles. The van der Waals surface area contributed by atoms with Gasteiger partial charge in [-0.25, -0.2) is 9.97 Å². The molecule has 0 atom stereocenters. The van der Waals surface area contributed by atoms with Crippen molar-refractivity contribution in [2.75, 3.05) is 18.0 Å². The first-order valence-electron chi connectivity index (χ1n) is 7.68. The molecule has 1 saturated heterocycles. The number of anilines is 1. The van der Waals surface area contributed by atoms with Crippen molar-refractivity contribution in [3.63, 3.8) is 0 Å². The molecule has 0 aliphatic carbocycles. The summed E-state index contributed by atoms with van der Waals surface area (Å²) < 4.78 is 0. The zero-order chi connectivity index (χ0) is 15.9. The Kier molecular flexibility index (Phi) is 3.89. The van der Waals surface area contributed by atoms with Crippen LogP contribution < -0.4 is 4.90 Å². The van der Waals surface area contributed by atoms with Gasteiger partial charge in [0, 0.05) is 18.0 Å². The van der Waals surface area contributed by atoms with E-state index >= 15 is 0 Å². The van der Waals surface area contributed by atoms with Crippen LogP contribution in [-0.4, -0.2) is 23.1 Å². The molecule has 1 aliphatic heterocycles. The molecule has 0 spiro atoms. The summed E-state index contributed by atoms with van der Waals surface area (Å²) in [5, 5.41) is 0.992. The van der Waals surface area contributed by atoms with Gasteiger partial charge in [-0.3, -0.25) is 0 Å². The molecular weight excluding hydrogens is 290 g/mol. The zero-order valence-electron chi connectivity index (χ0n) is 14.0. The van der Waals surface area contributed by atoms with Gasteiger partial charge in [0.15, 0.2) is 0 Å². The van der Waals surface area contributed by atoms with Gasteiger partial charge in [-0.05, 0) is 49.4 Å². The summed E-state index contributed by atoms with van der Waals surface area (Å²) in [6.07, 6.45) is 1.91. The van der Waals surface area contributed by atoms with E-state index in [1.165, 1.54) is 16.0 Å². The van der Waals surface area contributed by atoms with Crippen molar-refractivity contribution in [1.29, 1.82) is 0 Å². The van der Waals surface area contributed by atoms with Crippen LogP contribution in [0.2, 0.25) is 0 Å². The lowest BCUT2D eigenvalue weighted by atomic mass is 9.84. The second-order valence-corrected chi connectivity index (χ2v) is 8.05. The first-order valence-corrected chi connectivity index (χ1v) is 8.49. The molecule has 0 unspecified atom stereocenters. The van der Waals surface area contributed by atoms with E-state index < -0.39 is 0 Å². The van der Waals surface area contributed by atoms with Gasteiger partial charge in [0.2, 0.25) is 0 Å². The number of hydrogen-bond acceptors (Lipinski definition) is 4. The van der Waals surface area contributed by atoms with Gasteiger partial charge < -0.3 is 4.90 Å². The lowest BCUT2D eigenvalue weighted by Crippen LogP contribution is -2.53. The smallest absolute Gasteiger partial charge is 0.147 e. The zero-order valence-corrected chi connectivity index (χ0v) is 14.8. The van der Waals surface area contributed by atoms with Crippen LogP contribution in [0.4, 0.5) is 5.82 Å². The molecule has 22 heavy (non-hydrogen) atoms. The predicted octanol–water partition coefficient (Wildman–Crippen LogP) is 4.40. The number of benzene rings is 1. The molecule has 2 aromatic rings. The normalized spacial score (nSPS) is 16.5. The van der Waals surface area contributed by atoms with Crippen LogP contribution in [0, 0.1) is 26.2 Å². The van der Waals surface area contributed by atoms with Crippen molar-refractivity contribution >= 4 is 17.6 Å². The minimum atomic E-state index is 0.405. The first kappa shape index (κ1) is 15.3. The summed E-state index contributed by atoms with van der Waals surface area (Å²) in [6, 6.07) is 6.53. The molecule has 0 bridgehead atoms. The topological polar surface area (TPSA) is 29.0 Å². The summed E-state index contributed by atoms with van der Waals surface area (Å²) in [4.78, 5) is 12.9. The van der Waals surface area contributed by atoms with Crippen molar-refractivity contribution in [2.24, 2.45) is 5.41 Å². The van der Waals surface area contributed by atoms with E-state index in [0.29, 0.717) is 5.41 Å². The fraction of sp³-hybridized carbons (Fsp3) is 0.444. The molecule has 0 saturated carbocycles. The summed E-state index contributed by atoms with van der Waals surface area (Å²) in [5.41, 5.74) is 4.05. The van der Waals surface area contributed by atoms with Gasteiger partial charge in [-0.1, -0.05) is 31.7 Å². The molecule has 0 N–H and O–H groups in total. The van der Waals surface area contributed by atoms with Crippen LogP contribution in [0.3, 0.4) is 0 Å². The number of aryl methyl sites for hydroxylation is 3. The lowest BCUT2D eigenvalue weighted by molar-refractivity contribution is 0.274. The Hall–Kier alpha value is -1.55. The minimum absolute atomic E-state index is 0.405. The highest BCUT2D eigenvalue weighted by molar-refractivity contribution is 7.99. The first-order chi connectivity index (χ1) is 10.3.